The van der Waals surface area contributed by atoms with Gasteiger partial charge in [-0.05, 0) is 61.6 Å². The first-order valence-corrected chi connectivity index (χ1v) is 12.4. The van der Waals surface area contributed by atoms with Crippen molar-refractivity contribution >= 4 is 34.7 Å². The van der Waals surface area contributed by atoms with Crippen LogP contribution in [0.4, 0.5) is 5.69 Å². The van der Waals surface area contributed by atoms with Gasteiger partial charge in [-0.1, -0.05) is 12.1 Å². The van der Waals surface area contributed by atoms with E-state index in [4.69, 9.17) is 15.2 Å². The number of carbonyl (C=O) groups excluding carboxylic acids is 2. The Balaban J connectivity index is 2.13. The lowest BCUT2D eigenvalue weighted by Gasteiger charge is -2.32. The molecule has 0 aliphatic carbocycles. The van der Waals surface area contributed by atoms with Crippen molar-refractivity contribution in [2.24, 2.45) is 16.6 Å². The predicted octanol–water partition coefficient (Wildman–Crippen LogP) is 4.69. The van der Waals surface area contributed by atoms with Gasteiger partial charge in [-0.3, -0.25) is 19.9 Å². The van der Waals surface area contributed by atoms with E-state index < -0.39 is 28.7 Å². The number of carbonyl (C=O) groups is 2. The molecule has 3 rings (SSSR count). The van der Waals surface area contributed by atoms with Crippen molar-refractivity contribution in [1.29, 1.82) is 0 Å². The number of benzene rings is 1. The van der Waals surface area contributed by atoms with Crippen molar-refractivity contribution in [1.82, 2.24) is 0 Å². The Morgan fingerprint density at radius 2 is 1.97 bits per heavy atom. The number of nitrogens with two attached hydrogens (primary N) is 1. The summed E-state index contributed by atoms with van der Waals surface area (Å²) in [5.41, 5.74) is 8.77. The maximum atomic E-state index is 13.3. The minimum atomic E-state index is -0.925. The Morgan fingerprint density at radius 3 is 2.60 bits per heavy atom. The van der Waals surface area contributed by atoms with Gasteiger partial charge in [0.2, 0.25) is 0 Å². The molecule has 0 radical (unpaired) electrons. The normalized spacial score (nSPS) is 18.6. The van der Waals surface area contributed by atoms with E-state index in [1.165, 1.54) is 18.2 Å². The van der Waals surface area contributed by atoms with Crippen molar-refractivity contribution in [3.05, 3.63) is 73.6 Å². The Morgan fingerprint density at radius 1 is 1.23 bits per heavy atom. The summed E-state index contributed by atoms with van der Waals surface area (Å²) in [5.74, 6) is -2.95. The number of rotatable bonds is 10. The second kappa shape index (κ2) is 11.9. The van der Waals surface area contributed by atoms with Crippen molar-refractivity contribution < 1.29 is 24.0 Å². The fraction of sp³-hybridized carbons (Fsp3) is 0.400. The summed E-state index contributed by atoms with van der Waals surface area (Å²) in [4.78, 5) is 41.9. The molecule has 0 spiro atoms. The smallest absolute Gasteiger partial charge is 0.336 e. The molecule has 0 fully saturated rings. The molecule has 186 valence electrons. The highest BCUT2D eigenvalue weighted by molar-refractivity contribution is 7.07. The number of ether oxygens (including phenoxy) is 2. The van der Waals surface area contributed by atoms with Crippen molar-refractivity contribution in [2.75, 3.05) is 13.2 Å². The number of allylic oxidation sites excluding steroid dienone is 1. The van der Waals surface area contributed by atoms with E-state index in [-0.39, 0.29) is 30.5 Å². The first-order valence-electron chi connectivity index (χ1n) is 11.4. The molecule has 9 nitrogen and oxygen atoms in total. The third-order valence-corrected chi connectivity index (χ3v) is 6.56. The average Bonchev–Trinajstić information content (AvgIpc) is 3.37. The Labute approximate surface area is 207 Å². The van der Waals surface area contributed by atoms with Crippen LogP contribution in [0.15, 0.2) is 57.4 Å². The molecule has 35 heavy (non-hydrogen) atoms. The summed E-state index contributed by atoms with van der Waals surface area (Å²) >= 11 is 1.55. The minimum Gasteiger partial charge on any atom is -0.465 e. The van der Waals surface area contributed by atoms with Gasteiger partial charge in [0.15, 0.2) is 0 Å². The van der Waals surface area contributed by atoms with Crippen LogP contribution in [0.1, 0.15) is 56.7 Å². The largest absolute Gasteiger partial charge is 0.465 e. The number of esters is 2. The standard InChI is InChI=1S/C25H29N3O6S/c1-4-33-24(29)21-15(3)27-20(10-9-19(26)17-11-12-35-14-17)23(25(30)34-5-2)22(21)16-7-6-8-18(13-16)28(31)32/h6-8,11-14,19,21-22H,4-5,9-10,26H2,1-3H3. The first kappa shape index (κ1) is 26.2. The molecule has 10 heteroatoms. The number of thiophene rings is 1. The summed E-state index contributed by atoms with van der Waals surface area (Å²) in [6, 6.07) is 7.63. The van der Waals surface area contributed by atoms with E-state index in [1.54, 1.807) is 38.2 Å². The van der Waals surface area contributed by atoms with Crippen molar-refractivity contribution in [2.45, 2.75) is 45.6 Å². The van der Waals surface area contributed by atoms with E-state index in [0.717, 1.165) is 5.56 Å². The van der Waals surface area contributed by atoms with Crippen LogP contribution >= 0.6 is 11.3 Å². The van der Waals surface area contributed by atoms with Crippen LogP contribution in [0, 0.1) is 16.0 Å². The van der Waals surface area contributed by atoms with Gasteiger partial charge in [-0.15, -0.1) is 0 Å². The fourth-order valence-corrected chi connectivity index (χ4v) is 4.97. The summed E-state index contributed by atoms with van der Waals surface area (Å²) in [6.07, 6.45) is 0.876. The maximum Gasteiger partial charge on any atom is 0.336 e. The Kier molecular flexibility index (Phi) is 8.89. The zero-order valence-corrected chi connectivity index (χ0v) is 20.7. The van der Waals surface area contributed by atoms with E-state index in [2.05, 4.69) is 4.99 Å². The number of aliphatic imine (C=N–C) groups is 1. The quantitative estimate of drug-likeness (QED) is 0.285. The highest BCUT2D eigenvalue weighted by atomic mass is 32.1. The molecule has 0 saturated heterocycles. The number of nitro benzene ring substituents is 1. The Hall–Kier alpha value is -3.37. The van der Waals surface area contributed by atoms with Crippen LogP contribution < -0.4 is 5.73 Å². The van der Waals surface area contributed by atoms with Gasteiger partial charge in [0.25, 0.3) is 5.69 Å². The molecule has 0 bridgehead atoms. The minimum absolute atomic E-state index is 0.123. The fourth-order valence-electron chi connectivity index (χ4n) is 4.25. The molecule has 3 atom stereocenters. The van der Waals surface area contributed by atoms with Crippen LogP contribution in [0.5, 0.6) is 0 Å². The molecule has 3 unspecified atom stereocenters. The molecule has 2 N–H and O–H groups in total. The van der Waals surface area contributed by atoms with Crippen LogP contribution in [-0.4, -0.2) is 35.8 Å². The lowest BCUT2D eigenvalue weighted by Crippen LogP contribution is -2.37. The number of nitrogens with zero attached hydrogens (tertiary/aromatic N) is 2. The SMILES string of the molecule is CCOC(=O)C1=C(CCC(N)c2ccsc2)N=C(C)C(C(=O)OCC)C1c1cccc([N+](=O)[O-])c1. The van der Waals surface area contributed by atoms with Gasteiger partial charge in [-0.25, -0.2) is 4.79 Å². The van der Waals surface area contributed by atoms with Crippen molar-refractivity contribution in [3.63, 3.8) is 0 Å². The molecule has 1 aliphatic rings. The van der Waals surface area contributed by atoms with Crippen LogP contribution in [0.3, 0.4) is 0 Å². The molecule has 0 saturated carbocycles. The summed E-state index contributed by atoms with van der Waals surface area (Å²) < 4.78 is 10.7. The topological polar surface area (TPSA) is 134 Å². The number of hydrogen-bond donors (Lipinski definition) is 1. The monoisotopic (exact) mass is 499 g/mol. The average molecular weight is 500 g/mol. The van der Waals surface area contributed by atoms with Gasteiger partial charge in [0, 0.05) is 29.8 Å². The van der Waals surface area contributed by atoms with Gasteiger partial charge >= 0.3 is 11.9 Å². The molecular weight excluding hydrogens is 470 g/mol. The highest BCUT2D eigenvalue weighted by Gasteiger charge is 2.43. The van der Waals surface area contributed by atoms with Crippen LogP contribution in [0.25, 0.3) is 0 Å². The summed E-state index contributed by atoms with van der Waals surface area (Å²) in [7, 11) is 0. The zero-order chi connectivity index (χ0) is 25.5. The summed E-state index contributed by atoms with van der Waals surface area (Å²) in [5, 5.41) is 15.4. The third kappa shape index (κ3) is 6.01. The highest BCUT2D eigenvalue weighted by Crippen LogP contribution is 2.42. The molecule has 0 amide bonds. The Bertz CT molecular complexity index is 1140. The van der Waals surface area contributed by atoms with Crippen LogP contribution in [-0.2, 0) is 19.1 Å². The predicted molar refractivity (Wildman–Crippen MR) is 133 cm³/mol. The molecule has 2 heterocycles. The number of nitro groups is 1. The molecule has 1 aliphatic heterocycles. The van der Waals surface area contributed by atoms with E-state index in [0.29, 0.717) is 29.8 Å². The second-order valence-corrected chi connectivity index (χ2v) is 8.88. The first-order chi connectivity index (χ1) is 16.8. The lowest BCUT2D eigenvalue weighted by atomic mass is 9.75. The maximum absolute atomic E-state index is 13.3. The molecular formula is C25H29N3O6S. The van der Waals surface area contributed by atoms with Crippen molar-refractivity contribution in [3.8, 4) is 0 Å². The zero-order valence-electron chi connectivity index (χ0n) is 19.9. The van der Waals surface area contributed by atoms with E-state index in [9.17, 15) is 19.7 Å². The van der Waals surface area contributed by atoms with E-state index in [1.807, 2.05) is 16.8 Å². The van der Waals surface area contributed by atoms with Gasteiger partial charge < -0.3 is 15.2 Å². The van der Waals surface area contributed by atoms with Gasteiger partial charge in [-0.2, -0.15) is 11.3 Å². The van der Waals surface area contributed by atoms with E-state index >= 15 is 0 Å². The number of hydrogen-bond acceptors (Lipinski definition) is 9. The lowest BCUT2D eigenvalue weighted by molar-refractivity contribution is -0.384. The molecule has 2 aromatic rings. The van der Waals surface area contributed by atoms with Gasteiger partial charge in [0.1, 0.15) is 5.92 Å². The number of non-ortho nitro benzene ring substituents is 1. The second-order valence-electron chi connectivity index (χ2n) is 8.10. The van der Waals surface area contributed by atoms with Gasteiger partial charge in [0.05, 0.1) is 29.4 Å². The third-order valence-electron chi connectivity index (χ3n) is 5.86. The molecule has 1 aromatic heterocycles. The summed E-state index contributed by atoms with van der Waals surface area (Å²) in [6.45, 7) is 5.35. The molecule has 1 aromatic carbocycles. The van der Waals surface area contributed by atoms with Crippen LogP contribution in [0.2, 0.25) is 0 Å².